The summed E-state index contributed by atoms with van der Waals surface area (Å²) in [7, 11) is -0.577. The van der Waals surface area contributed by atoms with Gasteiger partial charge in [-0.25, -0.2) is 0 Å². The number of hydrogen-bond donors (Lipinski definition) is 1. The van der Waals surface area contributed by atoms with E-state index in [4.69, 9.17) is 5.14 Å². The number of carbonyl (C=O) groups excluding carboxylic acids is 1. The van der Waals surface area contributed by atoms with Crippen molar-refractivity contribution in [3.8, 4) is 5.75 Å². The lowest BCUT2D eigenvalue weighted by Crippen LogP contribution is -2.18. The van der Waals surface area contributed by atoms with Gasteiger partial charge in [-0.1, -0.05) is 5.22 Å². The molecule has 0 atom stereocenters. The third-order valence-corrected chi connectivity index (χ3v) is 3.22. The number of nitrogens with zero attached hydrogens (tertiary/aromatic N) is 3. The van der Waals surface area contributed by atoms with Gasteiger partial charge in [0.1, 0.15) is 5.75 Å². The molecule has 0 saturated heterocycles. The van der Waals surface area contributed by atoms with Crippen LogP contribution in [0.3, 0.4) is 0 Å². The van der Waals surface area contributed by atoms with Crippen molar-refractivity contribution < 1.29 is 17.4 Å². The van der Waals surface area contributed by atoms with E-state index < -0.39 is 10.3 Å². The summed E-state index contributed by atoms with van der Waals surface area (Å²) < 4.78 is 26.2. The molecule has 0 saturated carbocycles. The van der Waals surface area contributed by atoms with Gasteiger partial charge in [0, 0.05) is 25.2 Å². The molecule has 8 nitrogen and oxygen atoms in total. The van der Waals surface area contributed by atoms with Crippen LogP contribution in [-0.2, 0) is 10.3 Å². The third-order valence-electron chi connectivity index (χ3n) is 2.80. The molecule has 2 aromatic carbocycles. The first kappa shape index (κ1) is 17.6. The van der Waals surface area contributed by atoms with Gasteiger partial charge in [0.2, 0.25) is 0 Å². The van der Waals surface area contributed by atoms with Crippen LogP contribution >= 0.6 is 0 Å². The lowest BCUT2D eigenvalue weighted by molar-refractivity contribution is 0.103. The van der Waals surface area contributed by atoms with Crippen LogP contribution in [0.2, 0.25) is 0 Å². The van der Waals surface area contributed by atoms with Gasteiger partial charge in [0.15, 0.2) is 5.78 Å². The molecule has 0 aliphatic carbocycles. The Labute approximate surface area is 139 Å². The van der Waals surface area contributed by atoms with Crippen LogP contribution in [0.5, 0.6) is 5.75 Å². The van der Waals surface area contributed by atoms with Crippen LogP contribution in [0, 0.1) is 0 Å². The zero-order chi connectivity index (χ0) is 17.7. The molecule has 0 aliphatic heterocycles. The summed E-state index contributed by atoms with van der Waals surface area (Å²) in [5, 5.41) is 14.2. The van der Waals surface area contributed by atoms with Crippen molar-refractivity contribution in [1.29, 1.82) is 0 Å². The number of ketones is 1. The Morgan fingerprint density at radius 3 is 1.96 bits per heavy atom. The maximum Gasteiger partial charge on any atom is 0.380 e. The molecular formula is C15H16N4O4S. The first-order valence-corrected chi connectivity index (χ1v) is 8.28. The fraction of sp³-hybridized carbons (Fsp3) is 0.133. The Kier molecular flexibility index (Phi) is 5.27. The minimum Gasteiger partial charge on any atom is -0.371 e. The number of rotatable bonds is 6. The fourth-order valence-electron chi connectivity index (χ4n) is 1.78. The smallest absolute Gasteiger partial charge is 0.371 e. The summed E-state index contributed by atoms with van der Waals surface area (Å²) in [4.78, 5) is 12.4. The third kappa shape index (κ3) is 5.14. The van der Waals surface area contributed by atoms with E-state index >= 15 is 0 Å². The molecule has 0 aliphatic rings. The summed E-state index contributed by atoms with van der Waals surface area (Å²) >= 11 is 0. The van der Waals surface area contributed by atoms with Gasteiger partial charge in [-0.15, -0.1) is 5.11 Å². The molecule has 0 heterocycles. The van der Waals surface area contributed by atoms with Gasteiger partial charge in [0.05, 0.1) is 5.69 Å². The average molecular weight is 348 g/mol. The molecule has 0 radical (unpaired) electrons. The summed E-state index contributed by atoms with van der Waals surface area (Å²) in [6, 6.07) is 12.3. The molecule has 2 aromatic rings. The lowest BCUT2D eigenvalue weighted by Gasteiger charge is -2.05. The Morgan fingerprint density at radius 1 is 1.00 bits per heavy atom. The van der Waals surface area contributed by atoms with Crippen molar-refractivity contribution in [3.63, 3.8) is 0 Å². The summed E-state index contributed by atoms with van der Waals surface area (Å²) in [5.41, 5.74) is 1.48. The van der Waals surface area contributed by atoms with Crippen molar-refractivity contribution in [2.75, 3.05) is 14.1 Å². The van der Waals surface area contributed by atoms with Gasteiger partial charge in [-0.05, 0) is 48.5 Å². The van der Waals surface area contributed by atoms with Gasteiger partial charge in [-0.2, -0.15) is 13.6 Å². The molecular weight excluding hydrogens is 332 g/mol. The zero-order valence-electron chi connectivity index (χ0n) is 13.1. The Bertz CT molecular complexity index is 844. The maximum absolute atomic E-state index is 12.4. The predicted octanol–water partition coefficient (Wildman–Crippen LogP) is 2.06. The van der Waals surface area contributed by atoms with Crippen LogP contribution < -0.4 is 9.32 Å². The first-order valence-electron chi connectivity index (χ1n) is 6.80. The summed E-state index contributed by atoms with van der Waals surface area (Å²) in [6.07, 6.45) is 0. The highest BCUT2D eigenvalue weighted by molar-refractivity contribution is 7.84. The van der Waals surface area contributed by atoms with E-state index in [-0.39, 0.29) is 11.5 Å². The number of benzene rings is 2. The van der Waals surface area contributed by atoms with Crippen molar-refractivity contribution in [1.82, 2.24) is 5.01 Å². The zero-order valence-corrected chi connectivity index (χ0v) is 13.9. The second-order valence-corrected chi connectivity index (χ2v) is 6.17. The number of carbonyl (C=O) groups is 1. The quantitative estimate of drug-likeness (QED) is 0.487. The van der Waals surface area contributed by atoms with E-state index in [0.717, 1.165) is 0 Å². The highest BCUT2D eigenvalue weighted by atomic mass is 32.2. The molecule has 24 heavy (non-hydrogen) atoms. The van der Waals surface area contributed by atoms with Crippen molar-refractivity contribution in [3.05, 3.63) is 59.7 Å². The highest BCUT2D eigenvalue weighted by Gasteiger charge is 2.10. The minimum absolute atomic E-state index is 0.0356. The standard InChI is InChI=1S/C15H16N4O4S/c1-19(2)18-17-13-7-3-11(4-8-13)15(20)12-5-9-14(10-6-12)23-24(16,21)22/h3-10H,1-2H3,(H2,16,21,22). The largest absolute Gasteiger partial charge is 0.380 e. The second-order valence-electron chi connectivity index (χ2n) is 5.01. The van der Waals surface area contributed by atoms with E-state index in [1.807, 2.05) is 0 Å². The first-order chi connectivity index (χ1) is 11.2. The molecule has 0 bridgehead atoms. The second kappa shape index (κ2) is 7.20. The van der Waals surface area contributed by atoms with Gasteiger partial charge >= 0.3 is 10.3 Å². The van der Waals surface area contributed by atoms with Crippen LogP contribution in [0.25, 0.3) is 0 Å². The molecule has 0 spiro atoms. The van der Waals surface area contributed by atoms with Crippen molar-refractivity contribution in [2.45, 2.75) is 0 Å². The topological polar surface area (TPSA) is 114 Å². The van der Waals surface area contributed by atoms with E-state index in [0.29, 0.717) is 16.8 Å². The molecule has 0 fully saturated rings. The molecule has 126 valence electrons. The normalized spacial score (nSPS) is 11.5. The van der Waals surface area contributed by atoms with Crippen LogP contribution in [-0.4, -0.2) is 33.3 Å². The average Bonchev–Trinajstić information content (AvgIpc) is 2.52. The van der Waals surface area contributed by atoms with E-state index in [1.165, 1.54) is 24.3 Å². The van der Waals surface area contributed by atoms with Crippen molar-refractivity contribution >= 4 is 21.8 Å². The SMILES string of the molecule is CN(C)N=Nc1ccc(C(=O)c2ccc(OS(N)(=O)=O)cc2)cc1. The number of nitrogens with two attached hydrogens (primary N) is 1. The van der Waals surface area contributed by atoms with Crippen LogP contribution in [0.4, 0.5) is 5.69 Å². The summed E-state index contributed by atoms with van der Waals surface area (Å²) in [5.74, 6) is -0.179. The molecule has 0 unspecified atom stereocenters. The monoisotopic (exact) mass is 348 g/mol. The molecule has 9 heteroatoms. The lowest BCUT2D eigenvalue weighted by atomic mass is 10.0. The van der Waals surface area contributed by atoms with Crippen LogP contribution in [0.15, 0.2) is 58.9 Å². The number of hydrogen-bond acceptors (Lipinski definition) is 6. The molecule has 2 rings (SSSR count). The Morgan fingerprint density at radius 2 is 1.50 bits per heavy atom. The molecule has 2 N–H and O–H groups in total. The van der Waals surface area contributed by atoms with Crippen LogP contribution in [0.1, 0.15) is 15.9 Å². The molecule has 0 aromatic heterocycles. The van der Waals surface area contributed by atoms with E-state index in [1.54, 1.807) is 43.4 Å². The fourth-order valence-corrected chi connectivity index (χ4v) is 2.16. The summed E-state index contributed by atoms with van der Waals surface area (Å²) in [6.45, 7) is 0. The maximum atomic E-state index is 12.4. The van der Waals surface area contributed by atoms with Gasteiger partial charge in [0.25, 0.3) is 0 Å². The molecule has 0 amide bonds. The Hall–Kier alpha value is -2.78. The minimum atomic E-state index is -4.09. The highest BCUT2D eigenvalue weighted by Crippen LogP contribution is 2.19. The predicted molar refractivity (Wildman–Crippen MR) is 88.3 cm³/mol. The van der Waals surface area contributed by atoms with Gasteiger partial charge in [-0.3, -0.25) is 9.80 Å². The van der Waals surface area contributed by atoms with Crippen molar-refractivity contribution in [2.24, 2.45) is 15.5 Å². The van der Waals surface area contributed by atoms with E-state index in [9.17, 15) is 13.2 Å². The van der Waals surface area contributed by atoms with Gasteiger partial charge < -0.3 is 4.18 Å². The Balaban J connectivity index is 2.14. The van der Waals surface area contributed by atoms with E-state index in [2.05, 4.69) is 14.5 Å².